The Balaban J connectivity index is 1.73. The first-order chi connectivity index (χ1) is 15.6. The minimum absolute atomic E-state index is 0.0462. The zero-order valence-corrected chi connectivity index (χ0v) is 17.5. The Labute approximate surface area is 185 Å². The first kappa shape index (κ1) is 21.1. The van der Waals surface area contributed by atoms with Crippen LogP contribution in [-0.2, 0) is 20.5 Å². The molecule has 0 N–H and O–H groups in total. The monoisotopic (exact) mass is 478 g/mol. The van der Waals surface area contributed by atoms with Gasteiger partial charge in [0.15, 0.2) is 5.60 Å². The molecule has 0 aromatic heterocycles. The average molecular weight is 478 g/mol. The van der Waals surface area contributed by atoms with E-state index in [1.807, 2.05) is 0 Å². The number of ether oxygens (including phenoxy) is 3. The summed E-state index contributed by atoms with van der Waals surface area (Å²) < 4.78 is 82.4. The molecule has 2 heterocycles. The number of carbonyl (C=O) groups excluding carboxylic acids is 1. The van der Waals surface area contributed by atoms with E-state index >= 15 is 0 Å². The minimum Gasteiger partial charge on any atom is -0.497 e. The van der Waals surface area contributed by atoms with Crippen molar-refractivity contribution in [2.24, 2.45) is 0 Å². The molecule has 0 saturated heterocycles. The summed E-state index contributed by atoms with van der Waals surface area (Å²) in [5, 5.41) is 0. The third kappa shape index (κ3) is 3.03. The Morgan fingerprint density at radius 1 is 0.879 bits per heavy atom. The highest BCUT2D eigenvalue weighted by atomic mass is 32.2. The number of methoxy groups -OCH3 is 1. The molecule has 0 fully saturated rings. The van der Waals surface area contributed by atoms with Gasteiger partial charge in [-0.3, -0.25) is 0 Å². The van der Waals surface area contributed by atoms with Gasteiger partial charge in [-0.2, -0.15) is 21.6 Å². The smallest absolute Gasteiger partial charge is 0.497 e. The molecule has 3 aromatic rings. The lowest BCUT2D eigenvalue weighted by molar-refractivity contribution is -0.0500. The van der Waals surface area contributed by atoms with Crippen LogP contribution in [0.3, 0.4) is 0 Å². The lowest BCUT2D eigenvalue weighted by atomic mass is 9.77. The first-order valence-electron chi connectivity index (χ1n) is 9.41. The Morgan fingerprint density at radius 2 is 1.48 bits per heavy atom. The highest BCUT2D eigenvalue weighted by Gasteiger charge is 2.54. The second-order valence-electron chi connectivity index (χ2n) is 7.22. The molecule has 0 saturated carbocycles. The van der Waals surface area contributed by atoms with Crippen LogP contribution in [0.1, 0.15) is 27.0 Å². The van der Waals surface area contributed by atoms with Crippen molar-refractivity contribution in [2.75, 3.05) is 7.11 Å². The first-order valence-corrected chi connectivity index (χ1v) is 10.8. The number of hydrogen-bond donors (Lipinski definition) is 0. The van der Waals surface area contributed by atoms with Gasteiger partial charge in [0.05, 0.1) is 12.7 Å². The van der Waals surface area contributed by atoms with Crippen LogP contribution in [0.2, 0.25) is 0 Å². The summed E-state index contributed by atoms with van der Waals surface area (Å²) in [4.78, 5) is 12.7. The van der Waals surface area contributed by atoms with Gasteiger partial charge in [-0.25, -0.2) is 4.79 Å². The van der Waals surface area contributed by atoms with Crippen LogP contribution in [-0.4, -0.2) is 27.0 Å². The minimum atomic E-state index is -5.89. The van der Waals surface area contributed by atoms with Crippen LogP contribution in [0.15, 0.2) is 60.7 Å². The van der Waals surface area contributed by atoms with E-state index in [9.17, 15) is 26.4 Å². The lowest BCUT2D eigenvalue weighted by Crippen LogP contribution is -2.33. The number of carbonyl (C=O) groups is 1. The highest BCUT2D eigenvalue weighted by molar-refractivity contribution is 7.88. The molecule has 170 valence electrons. The third-order valence-electron chi connectivity index (χ3n) is 5.38. The van der Waals surface area contributed by atoms with Crippen LogP contribution in [0.5, 0.6) is 23.0 Å². The van der Waals surface area contributed by atoms with Crippen LogP contribution >= 0.6 is 0 Å². The summed E-state index contributed by atoms with van der Waals surface area (Å²) in [7, 11) is -4.46. The molecule has 2 aliphatic rings. The van der Waals surface area contributed by atoms with Gasteiger partial charge in [0.2, 0.25) is 0 Å². The Bertz CT molecular complexity index is 1420. The predicted molar refractivity (Wildman–Crippen MR) is 107 cm³/mol. The van der Waals surface area contributed by atoms with E-state index in [1.165, 1.54) is 19.2 Å². The largest absolute Gasteiger partial charge is 0.534 e. The molecule has 1 unspecified atom stereocenters. The lowest BCUT2D eigenvalue weighted by Gasteiger charge is -2.36. The molecule has 0 bridgehead atoms. The number of hydrogen-bond acceptors (Lipinski definition) is 7. The topological polar surface area (TPSA) is 88.1 Å². The maximum Gasteiger partial charge on any atom is 0.534 e. The number of halogens is 3. The van der Waals surface area contributed by atoms with Gasteiger partial charge in [0, 0.05) is 28.8 Å². The Morgan fingerprint density at radius 3 is 2.12 bits per heavy atom. The fourth-order valence-corrected chi connectivity index (χ4v) is 4.44. The molecule has 7 nitrogen and oxygen atoms in total. The van der Waals surface area contributed by atoms with Crippen LogP contribution in [0, 0.1) is 0 Å². The quantitative estimate of drug-likeness (QED) is 0.311. The van der Waals surface area contributed by atoms with Crippen molar-refractivity contribution in [1.82, 2.24) is 0 Å². The molecular formula is C22H13F3O7S. The van der Waals surface area contributed by atoms with Crippen molar-refractivity contribution in [2.45, 2.75) is 11.1 Å². The van der Waals surface area contributed by atoms with E-state index in [0.717, 1.165) is 12.1 Å². The molecule has 2 aliphatic heterocycles. The zero-order chi connectivity index (χ0) is 23.6. The second kappa shape index (κ2) is 6.88. The van der Waals surface area contributed by atoms with Gasteiger partial charge in [0.1, 0.15) is 23.0 Å². The molecule has 11 heteroatoms. The molecular weight excluding hydrogens is 465 g/mol. The molecule has 0 amide bonds. The van der Waals surface area contributed by atoms with E-state index in [1.54, 1.807) is 36.4 Å². The number of benzene rings is 3. The van der Waals surface area contributed by atoms with E-state index < -0.39 is 32.9 Å². The van der Waals surface area contributed by atoms with Gasteiger partial charge in [-0.05, 0) is 30.3 Å². The summed E-state index contributed by atoms with van der Waals surface area (Å²) in [5.74, 6) is -0.639. The Hall–Kier alpha value is -3.73. The van der Waals surface area contributed by atoms with Gasteiger partial charge in [-0.15, -0.1) is 0 Å². The van der Waals surface area contributed by atoms with E-state index in [0.29, 0.717) is 22.4 Å². The zero-order valence-electron chi connectivity index (χ0n) is 16.7. The van der Waals surface area contributed by atoms with Crippen LogP contribution in [0.4, 0.5) is 13.2 Å². The SMILES string of the molecule is COc1ccc2c(c1)Oc1cc(OS(=O)(=O)C(F)(F)F)ccc1C21OC(=O)c2ccccc21. The molecule has 0 radical (unpaired) electrons. The van der Waals surface area contributed by atoms with Gasteiger partial charge >= 0.3 is 21.6 Å². The molecule has 5 rings (SSSR count). The summed E-state index contributed by atoms with van der Waals surface area (Å²) in [5.41, 5.74) is -5.51. The Kier molecular flexibility index (Phi) is 4.41. The summed E-state index contributed by atoms with van der Waals surface area (Å²) in [6.07, 6.45) is 0. The third-order valence-corrected chi connectivity index (χ3v) is 6.36. The van der Waals surface area contributed by atoms with Gasteiger partial charge in [0.25, 0.3) is 0 Å². The molecule has 0 aliphatic carbocycles. The highest BCUT2D eigenvalue weighted by Crippen LogP contribution is 2.57. The summed E-state index contributed by atoms with van der Waals surface area (Å²) in [6.45, 7) is 0. The molecule has 3 aromatic carbocycles. The van der Waals surface area contributed by atoms with E-state index in [2.05, 4.69) is 4.18 Å². The van der Waals surface area contributed by atoms with Crippen LogP contribution in [0.25, 0.3) is 0 Å². The summed E-state index contributed by atoms with van der Waals surface area (Å²) in [6, 6.07) is 14.9. The molecule has 33 heavy (non-hydrogen) atoms. The number of esters is 1. The fraction of sp³-hybridized carbons (Fsp3) is 0.136. The maximum atomic E-state index is 12.8. The second-order valence-corrected chi connectivity index (χ2v) is 8.76. The number of alkyl halides is 3. The van der Waals surface area contributed by atoms with E-state index in [-0.39, 0.29) is 17.1 Å². The van der Waals surface area contributed by atoms with Gasteiger partial charge < -0.3 is 18.4 Å². The van der Waals surface area contributed by atoms with Crippen molar-refractivity contribution in [3.8, 4) is 23.0 Å². The molecule has 1 spiro atoms. The maximum absolute atomic E-state index is 12.8. The normalized spacial score (nSPS) is 18.6. The number of fused-ring (bicyclic) bond motifs is 6. The fourth-order valence-electron chi connectivity index (χ4n) is 3.99. The standard InChI is InChI=1S/C22H13F3O7S/c1-29-12-6-8-16-18(10-12)30-19-11-13(32-33(27,28)22(23,24)25)7-9-17(19)21(16)15-5-3-2-4-14(15)20(26)31-21/h2-11H,1H3. The number of rotatable bonds is 3. The average Bonchev–Trinajstić information content (AvgIpc) is 3.05. The summed E-state index contributed by atoms with van der Waals surface area (Å²) >= 11 is 0. The van der Waals surface area contributed by atoms with Crippen LogP contribution < -0.4 is 13.7 Å². The molecule has 1 atom stereocenters. The van der Waals surface area contributed by atoms with Crippen molar-refractivity contribution in [3.63, 3.8) is 0 Å². The van der Waals surface area contributed by atoms with Gasteiger partial charge in [-0.1, -0.05) is 18.2 Å². The predicted octanol–water partition coefficient (Wildman–Crippen LogP) is 4.49. The van der Waals surface area contributed by atoms with Crippen molar-refractivity contribution < 1.29 is 44.8 Å². The van der Waals surface area contributed by atoms with Crippen molar-refractivity contribution >= 4 is 16.1 Å². The van der Waals surface area contributed by atoms with Crippen molar-refractivity contribution in [1.29, 1.82) is 0 Å². The van der Waals surface area contributed by atoms with E-state index in [4.69, 9.17) is 14.2 Å². The van der Waals surface area contributed by atoms with Crippen molar-refractivity contribution in [3.05, 3.63) is 82.9 Å².